The van der Waals surface area contributed by atoms with Crippen molar-refractivity contribution in [1.82, 2.24) is 4.98 Å². The van der Waals surface area contributed by atoms with Crippen LogP contribution in [0, 0.1) is 0 Å². The first kappa shape index (κ1) is 17.5. The van der Waals surface area contributed by atoms with E-state index in [0.717, 1.165) is 0 Å². The van der Waals surface area contributed by atoms with Crippen LogP contribution >= 0.6 is 22.9 Å². The van der Waals surface area contributed by atoms with Gasteiger partial charge in [-0.2, -0.15) is 0 Å². The normalized spacial score (nSPS) is 18.9. The van der Waals surface area contributed by atoms with E-state index >= 15 is 0 Å². The molecule has 0 spiro atoms. The number of nitrogens with zero attached hydrogens (tertiary/aromatic N) is 2. The molecule has 134 valence electrons. The molecule has 0 aliphatic carbocycles. The molecule has 4 rings (SSSR count). The molecule has 0 unspecified atom stereocenters. The number of amides is 1. The average Bonchev–Trinajstić information content (AvgIpc) is 3.30. The molecule has 1 amide bonds. The van der Waals surface area contributed by atoms with E-state index in [1.807, 2.05) is 6.07 Å². The van der Waals surface area contributed by atoms with Crippen LogP contribution in [0.5, 0.6) is 0 Å². The van der Waals surface area contributed by atoms with Crippen LogP contribution in [0.15, 0.2) is 71.7 Å². The summed E-state index contributed by atoms with van der Waals surface area (Å²) in [6.07, 6.45) is 1.56. The van der Waals surface area contributed by atoms with Gasteiger partial charge in [-0.1, -0.05) is 54.1 Å². The van der Waals surface area contributed by atoms with Crippen LogP contribution in [-0.2, 0) is 9.59 Å². The predicted octanol–water partition coefficient (Wildman–Crippen LogP) is 4.42. The Morgan fingerprint density at radius 1 is 1.07 bits per heavy atom. The molecule has 1 aromatic heterocycles. The van der Waals surface area contributed by atoms with Crippen LogP contribution in [0.25, 0.3) is 5.76 Å². The Labute approximate surface area is 164 Å². The van der Waals surface area contributed by atoms with Crippen LogP contribution < -0.4 is 4.90 Å². The second-order valence-electron chi connectivity index (χ2n) is 5.90. The first-order chi connectivity index (χ1) is 13.1. The number of thiazole rings is 1. The lowest BCUT2D eigenvalue weighted by Gasteiger charge is -2.23. The van der Waals surface area contributed by atoms with Gasteiger partial charge in [-0.15, -0.1) is 11.3 Å². The second kappa shape index (κ2) is 6.98. The number of ketones is 1. The number of benzene rings is 2. The zero-order chi connectivity index (χ0) is 19.0. The second-order valence-corrected chi connectivity index (χ2v) is 7.21. The van der Waals surface area contributed by atoms with Gasteiger partial charge in [0.15, 0.2) is 5.13 Å². The maximum atomic E-state index is 12.8. The fraction of sp³-hybridized carbons (Fsp3) is 0.0500. The van der Waals surface area contributed by atoms with Crippen LogP contribution in [0.2, 0.25) is 5.02 Å². The molecule has 0 saturated carbocycles. The van der Waals surface area contributed by atoms with E-state index in [4.69, 9.17) is 11.6 Å². The predicted molar refractivity (Wildman–Crippen MR) is 105 cm³/mol. The third-order valence-corrected chi connectivity index (χ3v) is 5.33. The first-order valence-electron chi connectivity index (χ1n) is 8.09. The van der Waals surface area contributed by atoms with E-state index in [0.29, 0.717) is 21.3 Å². The van der Waals surface area contributed by atoms with Crippen molar-refractivity contribution < 1.29 is 14.7 Å². The summed E-state index contributed by atoms with van der Waals surface area (Å²) < 4.78 is 0. The largest absolute Gasteiger partial charge is 0.507 e. The minimum atomic E-state index is -0.784. The zero-order valence-corrected chi connectivity index (χ0v) is 15.4. The summed E-state index contributed by atoms with van der Waals surface area (Å²) in [6.45, 7) is 0. The Kier molecular flexibility index (Phi) is 4.51. The number of anilines is 1. The Hall–Kier alpha value is -2.96. The summed E-state index contributed by atoms with van der Waals surface area (Å²) in [5.74, 6) is -1.68. The summed E-state index contributed by atoms with van der Waals surface area (Å²) in [4.78, 5) is 31.1. The summed E-state index contributed by atoms with van der Waals surface area (Å²) in [5.41, 5.74) is 1.16. The van der Waals surface area contributed by atoms with E-state index in [9.17, 15) is 14.7 Å². The Morgan fingerprint density at radius 3 is 2.41 bits per heavy atom. The standard InChI is InChI=1S/C20H13ClN2O3S/c21-14-8-6-12(7-9-14)16-15(17(24)13-4-2-1-3-5-13)18(25)19(26)23(16)20-22-10-11-27-20/h1-11,16,24H/t16-/m0/s1. The first-order valence-corrected chi connectivity index (χ1v) is 9.35. The number of hydrogen-bond donors (Lipinski definition) is 1. The summed E-state index contributed by atoms with van der Waals surface area (Å²) >= 11 is 7.24. The third-order valence-electron chi connectivity index (χ3n) is 4.30. The maximum Gasteiger partial charge on any atom is 0.301 e. The Balaban J connectivity index is 1.94. The number of aliphatic hydroxyl groups is 1. The van der Waals surface area contributed by atoms with Crippen LogP contribution in [0.1, 0.15) is 17.2 Å². The van der Waals surface area contributed by atoms with Gasteiger partial charge in [-0.05, 0) is 17.7 Å². The highest BCUT2D eigenvalue weighted by atomic mass is 35.5. The number of aliphatic hydroxyl groups excluding tert-OH is 1. The number of carbonyl (C=O) groups is 2. The molecule has 1 aliphatic heterocycles. The van der Waals surface area contributed by atoms with Crippen LogP contribution in [-0.4, -0.2) is 21.8 Å². The quantitative estimate of drug-likeness (QED) is 0.404. The summed E-state index contributed by atoms with van der Waals surface area (Å²) in [5, 5.41) is 13.5. The molecule has 7 heteroatoms. The molecule has 0 radical (unpaired) electrons. The third kappa shape index (κ3) is 3.03. The van der Waals surface area contributed by atoms with E-state index in [-0.39, 0.29) is 11.3 Å². The van der Waals surface area contributed by atoms with Crippen molar-refractivity contribution >= 4 is 45.5 Å². The molecule has 1 fully saturated rings. The van der Waals surface area contributed by atoms with Crippen molar-refractivity contribution in [1.29, 1.82) is 0 Å². The van der Waals surface area contributed by atoms with Crippen LogP contribution in [0.4, 0.5) is 5.13 Å². The van der Waals surface area contributed by atoms with Crippen LogP contribution in [0.3, 0.4) is 0 Å². The molecule has 2 aromatic carbocycles. The van der Waals surface area contributed by atoms with Crippen molar-refractivity contribution in [3.8, 4) is 0 Å². The lowest BCUT2D eigenvalue weighted by Crippen LogP contribution is -2.29. The lowest BCUT2D eigenvalue weighted by molar-refractivity contribution is -0.132. The molecule has 5 nitrogen and oxygen atoms in total. The van der Waals surface area contributed by atoms with Gasteiger partial charge in [0.2, 0.25) is 0 Å². The minimum absolute atomic E-state index is 0.0312. The zero-order valence-electron chi connectivity index (χ0n) is 13.9. The highest BCUT2D eigenvalue weighted by molar-refractivity contribution is 7.14. The number of rotatable bonds is 3. The van der Waals surface area contributed by atoms with Gasteiger partial charge in [0.05, 0.1) is 11.6 Å². The van der Waals surface area contributed by atoms with Gasteiger partial charge in [-0.3, -0.25) is 14.5 Å². The fourth-order valence-electron chi connectivity index (χ4n) is 3.08. The molecule has 0 bridgehead atoms. The smallest absolute Gasteiger partial charge is 0.301 e. The topological polar surface area (TPSA) is 70.5 Å². The Bertz CT molecular complexity index is 1030. The van der Waals surface area contributed by atoms with Gasteiger partial charge >= 0.3 is 5.91 Å². The van der Waals surface area contributed by atoms with Crippen molar-refractivity contribution in [2.24, 2.45) is 0 Å². The van der Waals surface area contributed by atoms with Gasteiger partial charge in [0.1, 0.15) is 5.76 Å². The van der Waals surface area contributed by atoms with E-state index in [1.54, 1.807) is 60.1 Å². The monoisotopic (exact) mass is 396 g/mol. The van der Waals surface area contributed by atoms with E-state index in [2.05, 4.69) is 4.98 Å². The SMILES string of the molecule is O=C1C(=O)N(c2nccs2)[C@@H](c2ccc(Cl)cc2)C1=C(O)c1ccccc1. The molecule has 1 saturated heterocycles. The van der Waals surface area contributed by atoms with Crippen molar-refractivity contribution in [3.05, 3.63) is 87.9 Å². The average molecular weight is 397 g/mol. The van der Waals surface area contributed by atoms with Crippen molar-refractivity contribution in [2.45, 2.75) is 6.04 Å². The summed E-state index contributed by atoms with van der Waals surface area (Å²) in [7, 11) is 0. The van der Waals surface area contributed by atoms with Crippen molar-refractivity contribution in [2.75, 3.05) is 4.90 Å². The summed E-state index contributed by atoms with van der Waals surface area (Å²) in [6, 6.07) is 14.7. The fourth-order valence-corrected chi connectivity index (χ4v) is 3.87. The van der Waals surface area contributed by atoms with Gasteiger partial charge in [0.25, 0.3) is 5.78 Å². The molecule has 1 atom stereocenters. The maximum absolute atomic E-state index is 12.8. The van der Waals surface area contributed by atoms with Gasteiger partial charge in [-0.25, -0.2) is 4.98 Å². The molecular formula is C20H13ClN2O3S. The minimum Gasteiger partial charge on any atom is -0.507 e. The number of aromatic nitrogens is 1. The number of carbonyl (C=O) groups excluding carboxylic acids is 2. The highest BCUT2D eigenvalue weighted by Gasteiger charge is 2.47. The van der Waals surface area contributed by atoms with Gasteiger partial charge in [0, 0.05) is 22.2 Å². The van der Waals surface area contributed by atoms with E-state index in [1.165, 1.54) is 16.2 Å². The molecule has 2 heterocycles. The van der Waals surface area contributed by atoms with Gasteiger partial charge < -0.3 is 5.11 Å². The molecule has 3 aromatic rings. The van der Waals surface area contributed by atoms with E-state index < -0.39 is 17.7 Å². The molecule has 1 N–H and O–H groups in total. The van der Waals surface area contributed by atoms with Crippen molar-refractivity contribution in [3.63, 3.8) is 0 Å². The lowest BCUT2D eigenvalue weighted by atomic mass is 9.95. The number of Topliss-reactive ketones (excluding diaryl/α,β-unsaturated/α-hetero) is 1. The molecule has 1 aliphatic rings. The highest BCUT2D eigenvalue weighted by Crippen LogP contribution is 2.42. The molecular weight excluding hydrogens is 384 g/mol. The number of hydrogen-bond acceptors (Lipinski definition) is 5. The molecule has 27 heavy (non-hydrogen) atoms. The number of halogens is 1. The Morgan fingerprint density at radius 2 is 1.78 bits per heavy atom.